The van der Waals surface area contributed by atoms with Crippen molar-refractivity contribution in [2.24, 2.45) is 0 Å². The first-order chi connectivity index (χ1) is 8.63. The zero-order chi connectivity index (χ0) is 13.1. The van der Waals surface area contributed by atoms with E-state index in [0.29, 0.717) is 0 Å². The van der Waals surface area contributed by atoms with Crippen molar-refractivity contribution in [2.75, 3.05) is 6.54 Å². The van der Waals surface area contributed by atoms with Gasteiger partial charge in [0.2, 0.25) is 5.91 Å². The fraction of sp³-hybridized carbons (Fsp3) is 0.500. The van der Waals surface area contributed by atoms with Gasteiger partial charge in [0.05, 0.1) is 6.04 Å². The number of nitrogens with one attached hydrogen (secondary N) is 1. The minimum Gasteiger partial charge on any atom is -0.322 e. The lowest BCUT2D eigenvalue weighted by Crippen LogP contribution is -2.31. The summed E-state index contributed by atoms with van der Waals surface area (Å²) in [7, 11) is 0. The van der Waals surface area contributed by atoms with Gasteiger partial charge in [-0.3, -0.25) is 10.1 Å². The zero-order valence-corrected chi connectivity index (χ0v) is 10.8. The van der Waals surface area contributed by atoms with Crippen LogP contribution in [0.3, 0.4) is 0 Å². The Labute approximate surface area is 107 Å². The van der Waals surface area contributed by atoms with Gasteiger partial charge in [-0.2, -0.15) is 0 Å². The van der Waals surface area contributed by atoms with E-state index < -0.39 is 0 Å². The van der Waals surface area contributed by atoms with Crippen LogP contribution in [0.2, 0.25) is 0 Å². The van der Waals surface area contributed by atoms with E-state index in [-0.39, 0.29) is 23.9 Å². The van der Waals surface area contributed by atoms with Gasteiger partial charge in [0.1, 0.15) is 12.0 Å². The maximum atomic E-state index is 12.9. The predicted molar refractivity (Wildman–Crippen MR) is 68.4 cm³/mol. The molecule has 2 unspecified atom stereocenters. The van der Waals surface area contributed by atoms with Crippen molar-refractivity contribution in [3.63, 3.8) is 0 Å². The van der Waals surface area contributed by atoms with E-state index in [1.54, 1.807) is 12.1 Å². The molecule has 0 spiro atoms. The van der Waals surface area contributed by atoms with E-state index in [0.717, 1.165) is 24.9 Å². The van der Waals surface area contributed by atoms with Gasteiger partial charge < -0.3 is 4.90 Å². The summed E-state index contributed by atoms with van der Waals surface area (Å²) in [5.74, 6) is -0.131. The molecule has 1 amide bonds. The van der Waals surface area contributed by atoms with Gasteiger partial charge in [0.15, 0.2) is 0 Å². The summed E-state index contributed by atoms with van der Waals surface area (Å²) in [6.07, 6.45) is 1.91. The van der Waals surface area contributed by atoms with E-state index >= 15 is 0 Å². The first-order valence-electron chi connectivity index (χ1n) is 6.45. The SMILES string of the molecule is CCCCN1C(=O)C(C)NC1c1ccc(F)cc1. The number of carbonyl (C=O) groups excluding carboxylic acids is 1. The van der Waals surface area contributed by atoms with Gasteiger partial charge >= 0.3 is 0 Å². The molecule has 1 aromatic rings. The van der Waals surface area contributed by atoms with Crippen molar-refractivity contribution in [1.29, 1.82) is 0 Å². The molecule has 1 heterocycles. The Balaban J connectivity index is 2.19. The van der Waals surface area contributed by atoms with Crippen LogP contribution in [0.4, 0.5) is 4.39 Å². The molecule has 3 nitrogen and oxygen atoms in total. The molecular formula is C14H19FN2O. The molecule has 1 aliphatic heterocycles. The van der Waals surface area contributed by atoms with E-state index in [2.05, 4.69) is 12.2 Å². The van der Waals surface area contributed by atoms with Crippen LogP contribution in [-0.4, -0.2) is 23.4 Å². The topological polar surface area (TPSA) is 32.3 Å². The maximum Gasteiger partial charge on any atom is 0.241 e. The second-order valence-corrected chi connectivity index (χ2v) is 4.73. The van der Waals surface area contributed by atoms with Gasteiger partial charge in [-0.25, -0.2) is 4.39 Å². The minimum absolute atomic E-state index is 0.123. The molecule has 2 atom stereocenters. The Morgan fingerprint density at radius 3 is 2.61 bits per heavy atom. The predicted octanol–water partition coefficient (Wildman–Crippen LogP) is 2.44. The summed E-state index contributed by atoms with van der Waals surface area (Å²) in [4.78, 5) is 13.9. The molecule has 4 heteroatoms. The summed E-state index contributed by atoms with van der Waals surface area (Å²) in [6.45, 7) is 4.71. The van der Waals surface area contributed by atoms with Crippen LogP contribution in [0.15, 0.2) is 24.3 Å². The molecule has 1 saturated heterocycles. The monoisotopic (exact) mass is 250 g/mol. The number of hydrogen-bond donors (Lipinski definition) is 1. The quantitative estimate of drug-likeness (QED) is 0.890. The fourth-order valence-electron chi connectivity index (χ4n) is 2.26. The van der Waals surface area contributed by atoms with E-state index in [1.165, 1.54) is 12.1 Å². The number of amides is 1. The average molecular weight is 250 g/mol. The van der Waals surface area contributed by atoms with Crippen molar-refractivity contribution in [3.05, 3.63) is 35.6 Å². The molecule has 0 aromatic heterocycles. The Bertz CT molecular complexity index is 418. The highest BCUT2D eigenvalue weighted by Gasteiger charge is 2.36. The average Bonchev–Trinajstić information content (AvgIpc) is 2.64. The highest BCUT2D eigenvalue weighted by molar-refractivity contribution is 5.84. The molecule has 0 aliphatic carbocycles. The lowest BCUT2D eigenvalue weighted by molar-refractivity contribution is -0.129. The van der Waals surface area contributed by atoms with Crippen molar-refractivity contribution in [3.8, 4) is 0 Å². The van der Waals surface area contributed by atoms with Crippen LogP contribution in [0, 0.1) is 5.82 Å². The molecule has 2 rings (SSSR count). The van der Waals surface area contributed by atoms with Gasteiger partial charge in [-0.05, 0) is 31.0 Å². The Kier molecular flexibility index (Phi) is 3.97. The standard InChI is InChI=1S/C14H19FN2O/c1-3-4-9-17-13(16-10(2)14(17)18)11-5-7-12(15)8-6-11/h5-8,10,13,16H,3-4,9H2,1-2H3. The fourth-order valence-corrected chi connectivity index (χ4v) is 2.26. The molecule has 1 N–H and O–H groups in total. The molecule has 1 aliphatic rings. The molecule has 0 bridgehead atoms. The largest absolute Gasteiger partial charge is 0.322 e. The van der Waals surface area contributed by atoms with Crippen molar-refractivity contribution in [2.45, 2.75) is 38.9 Å². The smallest absolute Gasteiger partial charge is 0.241 e. The number of nitrogens with zero attached hydrogens (tertiary/aromatic N) is 1. The van der Waals surface area contributed by atoms with Crippen molar-refractivity contribution in [1.82, 2.24) is 10.2 Å². The number of rotatable bonds is 4. The number of unbranched alkanes of at least 4 members (excludes halogenated alkanes) is 1. The van der Waals surface area contributed by atoms with Gasteiger partial charge in [0.25, 0.3) is 0 Å². The molecule has 0 radical (unpaired) electrons. The van der Waals surface area contributed by atoms with E-state index in [4.69, 9.17) is 0 Å². The van der Waals surface area contributed by atoms with E-state index in [1.807, 2.05) is 11.8 Å². The Morgan fingerprint density at radius 1 is 1.33 bits per heavy atom. The molecule has 1 aromatic carbocycles. The lowest BCUT2D eigenvalue weighted by Gasteiger charge is -2.24. The van der Waals surface area contributed by atoms with Crippen LogP contribution in [0.1, 0.15) is 38.4 Å². The molecule has 1 fully saturated rings. The van der Waals surface area contributed by atoms with Crippen LogP contribution >= 0.6 is 0 Å². The highest BCUT2D eigenvalue weighted by Crippen LogP contribution is 2.25. The zero-order valence-electron chi connectivity index (χ0n) is 10.8. The second kappa shape index (κ2) is 5.48. The highest BCUT2D eigenvalue weighted by atomic mass is 19.1. The molecule has 0 saturated carbocycles. The molecule has 18 heavy (non-hydrogen) atoms. The summed E-state index contributed by atoms with van der Waals surface area (Å²) < 4.78 is 12.9. The third-order valence-electron chi connectivity index (χ3n) is 3.31. The number of halogens is 1. The second-order valence-electron chi connectivity index (χ2n) is 4.73. The summed E-state index contributed by atoms with van der Waals surface area (Å²) in [5.41, 5.74) is 0.935. The summed E-state index contributed by atoms with van der Waals surface area (Å²) in [6, 6.07) is 6.16. The van der Waals surface area contributed by atoms with Gasteiger partial charge in [-0.1, -0.05) is 25.5 Å². The minimum atomic E-state index is -0.253. The van der Waals surface area contributed by atoms with Crippen LogP contribution in [0.5, 0.6) is 0 Å². The first-order valence-corrected chi connectivity index (χ1v) is 6.45. The molecule has 98 valence electrons. The summed E-state index contributed by atoms with van der Waals surface area (Å²) >= 11 is 0. The van der Waals surface area contributed by atoms with Gasteiger partial charge in [0, 0.05) is 6.54 Å². The maximum absolute atomic E-state index is 12.9. The number of hydrogen-bond acceptors (Lipinski definition) is 2. The van der Waals surface area contributed by atoms with Crippen molar-refractivity contribution < 1.29 is 9.18 Å². The van der Waals surface area contributed by atoms with Crippen LogP contribution in [0.25, 0.3) is 0 Å². The number of carbonyl (C=O) groups is 1. The lowest BCUT2D eigenvalue weighted by atomic mass is 10.1. The van der Waals surface area contributed by atoms with Gasteiger partial charge in [-0.15, -0.1) is 0 Å². The summed E-state index contributed by atoms with van der Waals surface area (Å²) in [5, 5.41) is 3.25. The first kappa shape index (κ1) is 13.0. The van der Waals surface area contributed by atoms with Crippen LogP contribution in [-0.2, 0) is 4.79 Å². The third-order valence-corrected chi connectivity index (χ3v) is 3.31. The Morgan fingerprint density at radius 2 is 2.00 bits per heavy atom. The van der Waals surface area contributed by atoms with Crippen LogP contribution < -0.4 is 5.32 Å². The van der Waals surface area contributed by atoms with Crippen molar-refractivity contribution >= 4 is 5.91 Å². The normalized spacial score (nSPS) is 23.7. The van der Waals surface area contributed by atoms with E-state index in [9.17, 15) is 9.18 Å². The third kappa shape index (κ3) is 2.53. The number of benzene rings is 1. The Hall–Kier alpha value is -1.42. The molecular weight excluding hydrogens is 231 g/mol.